The van der Waals surface area contributed by atoms with E-state index < -0.39 is 0 Å². The van der Waals surface area contributed by atoms with Gasteiger partial charge in [-0.1, -0.05) is 0 Å². The minimum Gasteiger partial charge on any atom is -0.316 e. The zero-order valence-electron chi connectivity index (χ0n) is 9.28. The molecular weight excluding hydrogens is 206 g/mol. The largest absolute Gasteiger partial charge is 0.316 e. The summed E-state index contributed by atoms with van der Waals surface area (Å²) in [7, 11) is 1.97. The van der Waals surface area contributed by atoms with E-state index in [1.807, 2.05) is 29.7 Å². The topological polar surface area (TPSA) is 29.9 Å². The van der Waals surface area contributed by atoms with E-state index in [9.17, 15) is 0 Å². The average Bonchev–Trinajstić information content (AvgIpc) is 2.66. The van der Waals surface area contributed by atoms with Gasteiger partial charge in [-0.05, 0) is 44.0 Å². The highest BCUT2D eigenvalue weighted by Gasteiger charge is 2.12. The molecule has 0 amide bonds. The highest BCUT2D eigenvalue weighted by molar-refractivity contribution is 7.99. The molecule has 0 aliphatic carbocycles. The first-order valence-electron chi connectivity index (χ1n) is 5.67. The zero-order chi connectivity index (χ0) is 10.5. The second-order valence-corrected chi connectivity index (χ2v) is 5.37. The minimum atomic E-state index is 0.892. The van der Waals surface area contributed by atoms with Crippen LogP contribution >= 0.6 is 11.8 Å². The quantitative estimate of drug-likeness (QED) is 0.794. The van der Waals surface area contributed by atoms with Crippen LogP contribution in [0, 0.1) is 5.92 Å². The maximum Gasteiger partial charge on any atom is 0.0625 e. The summed E-state index contributed by atoms with van der Waals surface area (Å²) in [6, 6.07) is 0. The Balaban J connectivity index is 1.65. The molecule has 1 atom stereocenters. The second-order valence-electron chi connectivity index (χ2n) is 4.20. The van der Waals surface area contributed by atoms with E-state index in [1.54, 1.807) is 0 Å². The van der Waals surface area contributed by atoms with Gasteiger partial charge in [0.2, 0.25) is 0 Å². The van der Waals surface area contributed by atoms with Gasteiger partial charge < -0.3 is 5.32 Å². The van der Waals surface area contributed by atoms with E-state index in [4.69, 9.17) is 0 Å². The first-order valence-corrected chi connectivity index (χ1v) is 6.65. The van der Waals surface area contributed by atoms with Crippen molar-refractivity contribution in [3.63, 3.8) is 0 Å². The molecule has 1 aromatic heterocycles. The van der Waals surface area contributed by atoms with Crippen LogP contribution in [0.3, 0.4) is 0 Å². The van der Waals surface area contributed by atoms with Crippen molar-refractivity contribution in [2.24, 2.45) is 13.0 Å². The lowest BCUT2D eigenvalue weighted by atomic mass is 9.97. The maximum atomic E-state index is 4.17. The smallest absolute Gasteiger partial charge is 0.0625 e. The van der Waals surface area contributed by atoms with Gasteiger partial charge in [0.05, 0.1) is 6.20 Å². The number of aryl methyl sites for hydroxylation is 1. The van der Waals surface area contributed by atoms with Crippen LogP contribution in [0.4, 0.5) is 0 Å². The van der Waals surface area contributed by atoms with E-state index in [-0.39, 0.29) is 0 Å². The van der Waals surface area contributed by atoms with Crippen LogP contribution in [0.5, 0.6) is 0 Å². The first kappa shape index (κ1) is 11.0. The van der Waals surface area contributed by atoms with Gasteiger partial charge in [0.25, 0.3) is 0 Å². The molecule has 1 aliphatic heterocycles. The summed E-state index contributed by atoms with van der Waals surface area (Å²) in [5.74, 6) is 2.11. The molecule has 0 bridgehead atoms. The van der Waals surface area contributed by atoms with E-state index >= 15 is 0 Å². The van der Waals surface area contributed by atoms with E-state index in [1.165, 1.54) is 43.0 Å². The van der Waals surface area contributed by atoms with Crippen LogP contribution in [0.15, 0.2) is 17.3 Å². The Morgan fingerprint density at radius 3 is 3.27 bits per heavy atom. The van der Waals surface area contributed by atoms with Crippen LogP contribution in [0.2, 0.25) is 0 Å². The predicted molar refractivity (Wildman–Crippen MR) is 64.1 cm³/mol. The molecule has 1 N–H and O–H groups in total. The Kier molecular flexibility index (Phi) is 4.09. The molecule has 0 aromatic carbocycles. The van der Waals surface area contributed by atoms with E-state index in [2.05, 4.69) is 16.6 Å². The number of thioether (sulfide) groups is 1. The summed E-state index contributed by atoms with van der Waals surface area (Å²) in [5, 5.41) is 7.63. The van der Waals surface area contributed by atoms with Crippen molar-refractivity contribution < 1.29 is 0 Å². The number of nitrogens with zero attached hydrogens (tertiary/aromatic N) is 2. The van der Waals surface area contributed by atoms with E-state index in [0.29, 0.717) is 0 Å². The third kappa shape index (κ3) is 3.54. The molecule has 0 radical (unpaired) electrons. The fourth-order valence-corrected chi connectivity index (χ4v) is 3.02. The molecule has 0 spiro atoms. The third-order valence-electron chi connectivity index (χ3n) is 2.87. The number of rotatable bonds is 4. The fourth-order valence-electron chi connectivity index (χ4n) is 1.99. The van der Waals surface area contributed by atoms with Crippen molar-refractivity contribution in [3.05, 3.63) is 12.4 Å². The van der Waals surface area contributed by atoms with Gasteiger partial charge in [0.15, 0.2) is 0 Å². The van der Waals surface area contributed by atoms with Crippen LogP contribution < -0.4 is 5.32 Å². The summed E-state index contributed by atoms with van der Waals surface area (Å²) < 4.78 is 1.87. The Bertz CT molecular complexity index is 292. The molecule has 4 heteroatoms. The molecule has 1 unspecified atom stereocenters. The summed E-state index contributed by atoms with van der Waals surface area (Å²) in [4.78, 5) is 1.29. The normalized spacial score (nSPS) is 21.8. The van der Waals surface area contributed by atoms with Gasteiger partial charge in [-0.2, -0.15) is 5.10 Å². The van der Waals surface area contributed by atoms with E-state index in [0.717, 1.165) is 5.92 Å². The van der Waals surface area contributed by atoms with Gasteiger partial charge in [0.1, 0.15) is 0 Å². The molecular formula is C11H19N3S. The zero-order valence-corrected chi connectivity index (χ0v) is 10.1. The molecule has 2 rings (SSSR count). The molecule has 15 heavy (non-hydrogen) atoms. The summed E-state index contributed by atoms with van der Waals surface area (Å²) in [5.41, 5.74) is 0. The summed E-state index contributed by atoms with van der Waals surface area (Å²) in [6.07, 6.45) is 8.11. The van der Waals surface area contributed by atoms with Gasteiger partial charge in [-0.3, -0.25) is 4.68 Å². The maximum absolute atomic E-state index is 4.17. The minimum absolute atomic E-state index is 0.892. The fraction of sp³-hybridized carbons (Fsp3) is 0.727. The molecule has 1 aliphatic rings. The molecule has 1 aromatic rings. The van der Waals surface area contributed by atoms with Crippen molar-refractivity contribution in [3.8, 4) is 0 Å². The van der Waals surface area contributed by atoms with Crippen molar-refractivity contribution in [2.45, 2.75) is 24.2 Å². The number of hydrogen-bond acceptors (Lipinski definition) is 3. The molecule has 84 valence electrons. The Labute approximate surface area is 95.6 Å². The standard InChI is InChI=1S/C11H19N3S/c1-14-9-11(8-13-14)15-6-4-10-3-2-5-12-7-10/h8-10,12H,2-7H2,1H3. The van der Waals surface area contributed by atoms with Gasteiger partial charge in [-0.15, -0.1) is 11.8 Å². The average molecular weight is 225 g/mol. The van der Waals surface area contributed by atoms with Crippen molar-refractivity contribution in [1.82, 2.24) is 15.1 Å². The molecule has 0 saturated carbocycles. The molecule has 1 fully saturated rings. The SMILES string of the molecule is Cn1cc(SCCC2CCCNC2)cn1. The van der Waals surface area contributed by atoms with Gasteiger partial charge in [0, 0.05) is 18.1 Å². The number of piperidine rings is 1. The first-order chi connectivity index (χ1) is 7.34. The highest BCUT2D eigenvalue weighted by atomic mass is 32.2. The number of nitrogens with one attached hydrogen (secondary N) is 1. The van der Waals surface area contributed by atoms with Crippen molar-refractivity contribution in [1.29, 1.82) is 0 Å². The van der Waals surface area contributed by atoms with Crippen LogP contribution in [-0.2, 0) is 7.05 Å². The molecule has 2 heterocycles. The number of hydrogen-bond donors (Lipinski definition) is 1. The third-order valence-corrected chi connectivity index (χ3v) is 3.86. The van der Waals surface area contributed by atoms with Crippen LogP contribution in [0.25, 0.3) is 0 Å². The Morgan fingerprint density at radius 2 is 2.60 bits per heavy atom. The lowest BCUT2D eigenvalue weighted by molar-refractivity contribution is 0.371. The highest BCUT2D eigenvalue weighted by Crippen LogP contribution is 2.22. The lowest BCUT2D eigenvalue weighted by Gasteiger charge is -2.22. The van der Waals surface area contributed by atoms with Crippen LogP contribution in [0.1, 0.15) is 19.3 Å². The lowest BCUT2D eigenvalue weighted by Crippen LogP contribution is -2.29. The molecule has 1 saturated heterocycles. The van der Waals surface area contributed by atoms with Gasteiger partial charge >= 0.3 is 0 Å². The summed E-state index contributed by atoms with van der Waals surface area (Å²) in [6.45, 7) is 2.43. The monoisotopic (exact) mass is 225 g/mol. The predicted octanol–water partition coefficient (Wildman–Crippen LogP) is 1.90. The van der Waals surface area contributed by atoms with Crippen LogP contribution in [-0.4, -0.2) is 28.6 Å². The summed E-state index contributed by atoms with van der Waals surface area (Å²) >= 11 is 1.92. The second kappa shape index (κ2) is 5.56. The molecule has 3 nitrogen and oxygen atoms in total. The Morgan fingerprint density at radius 1 is 1.67 bits per heavy atom. The van der Waals surface area contributed by atoms with Gasteiger partial charge in [-0.25, -0.2) is 0 Å². The van der Waals surface area contributed by atoms with Crippen molar-refractivity contribution >= 4 is 11.8 Å². The number of aromatic nitrogens is 2. The Hall–Kier alpha value is -0.480. The van der Waals surface area contributed by atoms with Crippen molar-refractivity contribution in [2.75, 3.05) is 18.8 Å².